The number of aryl methyl sites for hydroxylation is 1. The van der Waals surface area contributed by atoms with Crippen LogP contribution in [0.4, 0.5) is 5.82 Å². The SMILES string of the molecule is O=C(c1noc2c1CCCCC2)N1CCN(c2ccccn2)CC1. The first-order valence-electron chi connectivity index (χ1n) is 8.75. The third-order valence-electron chi connectivity index (χ3n) is 4.94. The molecule has 126 valence electrons. The molecule has 3 heterocycles. The standard InChI is InChI=1S/C18H22N4O2/c23-18(17-14-6-2-1-3-7-15(14)24-20-17)22-12-10-21(11-13-22)16-8-4-5-9-19-16/h4-5,8-9H,1-3,6-7,10-13H2. The Kier molecular flexibility index (Phi) is 4.19. The van der Waals surface area contributed by atoms with Gasteiger partial charge in [0.1, 0.15) is 11.6 Å². The van der Waals surface area contributed by atoms with E-state index in [1.807, 2.05) is 23.1 Å². The molecule has 0 spiro atoms. The van der Waals surface area contributed by atoms with Crippen LogP contribution in [-0.2, 0) is 12.8 Å². The zero-order chi connectivity index (χ0) is 16.4. The van der Waals surface area contributed by atoms with E-state index in [9.17, 15) is 4.79 Å². The number of anilines is 1. The third kappa shape index (κ3) is 2.88. The van der Waals surface area contributed by atoms with Gasteiger partial charge in [-0.05, 0) is 31.4 Å². The molecule has 6 nitrogen and oxygen atoms in total. The summed E-state index contributed by atoms with van der Waals surface area (Å²) in [5.41, 5.74) is 1.59. The third-order valence-corrected chi connectivity index (χ3v) is 4.94. The van der Waals surface area contributed by atoms with Crippen LogP contribution < -0.4 is 4.90 Å². The zero-order valence-corrected chi connectivity index (χ0v) is 13.8. The lowest BCUT2D eigenvalue weighted by Crippen LogP contribution is -2.49. The van der Waals surface area contributed by atoms with Crippen molar-refractivity contribution in [2.75, 3.05) is 31.1 Å². The lowest BCUT2D eigenvalue weighted by molar-refractivity contribution is 0.0735. The molecule has 6 heteroatoms. The molecule has 1 aliphatic carbocycles. The molecule has 2 aromatic heterocycles. The molecule has 0 bridgehead atoms. The van der Waals surface area contributed by atoms with Gasteiger partial charge in [0, 0.05) is 44.4 Å². The van der Waals surface area contributed by atoms with Crippen LogP contribution in [0.3, 0.4) is 0 Å². The summed E-state index contributed by atoms with van der Waals surface area (Å²) in [5.74, 6) is 1.91. The molecule has 0 aromatic carbocycles. The Bertz CT molecular complexity index is 705. The zero-order valence-electron chi connectivity index (χ0n) is 13.8. The van der Waals surface area contributed by atoms with Gasteiger partial charge in [-0.25, -0.2) is 4.98 Å². The van der Waals surface area contributed by atoms with Gasteiger partial charge >= 0.3 is 0 Å². The molecule has 1 fully saturated rings. The first-order chi connectivity index (χ1) is 11.8. The highest BCUT2D eigenvalue weighted by Gasteiger charge is 2.29. The van der Waals surface area contributed by atoms with E-state index in [1.165, 1.54) is 6.42 Å². The van der Waals surface area contributed by atoms with E-state index in [1.54, 1.807) is 6.20 Å². The van der Waals surface area contributed by atoms with Crippen molar-refractivity contribution >= 4 is 11.7 Å². The van der Waals surface area contributed by atoms with Gasteiger partial charge in [-0.2, -0.15) is 0 Å². The minimum Gasteiger partial charge on any atom is -0.360 e. The number of carbonyl (C=O) groups excluding carboxylic acids is 1. The maximum absolute atomic E-state index is 12.9. The number of piperazine rings is 1. The molecule has 2 aromatic rings. The summed E-state index contributed by atoms with van der Waals surface area (Å²) in [6, 6.07) is 5.92. The van der Waals surface area contributed by atoms with Crippen LogP contribution in [0.1, 0.15) is 41.1 Å². The molecule has 4 rings (SSSR count). The number of aromatic nitrogens is 2. The van der Waals surface area contributed by atoms with Crippen molar-refractivity contribution in [2.24, 2.45) is 0 Å². The molecule has 24 heavy (non-hydrogen) atoms. The minimum atomic E-state index is 0.0163. The number of nitrogens with zero attached hydrogens (tertiary/aromatic N) is 4. The lowest BCUT2D eigenvalue weighted by Gasteiger charge is -2.35. The van der Waals surface area contributed by atoms with Crippen LogP contribution in [0.25, 0.3) is 0 Å². The number of carbonyl (C=O) groups is 1. The van der Waals surface area contributed by atoms with Gasteiger partial charge in [0.2, 0.25) is 0 Å². The predicted octanol–water partition coefficient (Wildman–Crippen LogP) is 2.30. The molecule has 1 amide bonds. The summed E-state index contributed by atoms with van der Waals surface area (Å²) < 4.78 is 5.45. The van der Waals surface area contributed by atoms with E-state index in [0.717, 1.165) is 55.9 Å². The number of fused-ring (bicyclic) bond motifs is 1. The first kappa shape index (κ1) is 15.2. The van der Waals surface area contributed by atoms with Gasteiger partial charge in [-0.3, -0.25) is 4.79 Å². The smallest absolute Gasteiger partial charge is 0.276 e. The minimum absolute atomic E-state index is 0.0163. The van der Waals surface area contributed by atoms with Crippen LogP contribution in [0.2, 0.25) is 0 Å². The van der Waals surface area contributed by atoms with Gasteiger partial charge in [0.25, 0.3) is 5.91 Å². The van der Waals surface area contributed by atoms with Crippen LogP contribution in [-0.4, -0.2) is 47.1 Å². The number of hydrogen-bond acceptors (Lipinski definition) is 5. The van der Waals surface area contributed by atoms with Crippen LogP contribution >= 0.6 is 0 Å². The average molecular weight is 326 g/mol. The monoisotopic (exact) mass is 326 g/mol. The summed E-state index contributed by atoms with van der Waals surface area (Å²) in [4.78, 5) is 21.3. The van der Waals surface area contributed by atoms with E-state index >= 15 is 0 Å². The molecular formula is C18H22N4O2. The molecule has 2 aliphatic rings. The summed E-state index contributed by atoms with van der Waals surface area (Å²) in [5, 5.41) is 4.10. The Balaban J connectivity index is 1.44. The molecular weight excluding hydrogens is 304 g/mol. The fraction of sp³-hybridized carbons (Fsp3) is 0.500. The van der Waals surface area contributed by atoms with Gasteiger partial charge in [0.15, 0.2) is 5.69 Å². The maximum Gasteiger partial charge on any atom is 0.276 e. The number of rotatable bonds is 2. The van der Waals surface area contributed by atoms with E-state index in [-0.39, 0.29) is 5.91 Å². The fourth-order valence-corrected chi connectivity index (χ4v) is 3.56. The topological polar surface area (TPSA) is 62.5 Å². The molecule has 1 aliphatic heterocycles. The molecule has 0 radical (unpaired) electrons. The highest BCUT2D eigenvalue weighted by atomic mass is 16.5. The molecule has 0 saturated carbocycles. The van der Waals surface area contributed by atoms with Crippen molar-refractivity contribution < 1.29 is 9.32 Å². The van der Waals surface area contributed by atoms with Crippen molar-refractivity contribution in [1.29, 1.82) is 0 Å². The van der Waals surface area contributed by atoms with Gasteiger partial charge in [-0.1, -0.05) is 17.6 Å². The van der Waals surface area contributed by atoms with Crippen LogP contribution in [0.15, 0.2) is 28.9 Å². The summed E-state index contributed by atoms with van der Waals surface area (Å²) in [7, 11) is 0. The number of hydrogen-bond donors (Lipinski definition) is 0. The van der Waals surface area contributed by atoms with Crippen molar-refractivity contribution in [3.05, 3.63) is 41.4 Å². The summed E-state index contributed by atoms with van der Waals surface area (Å²) in [6.07, 6.45) is 7.05. The van der Waals surface area contributed by atoms with E-state index in [4.69, 9.17) is 4.52 Å². The van der Waals surface area contributed by atoms with E-state index in [2.05, 4.69) is 15.0 Å². The van der Waals surface area contributed by atoms with Gasteiger partial charge < -0.3 is 14.3 Å². The molecule has 0 N–H and O–H groups in total. The quantitative estimate of drug-likeness (QED) is 0.793. The van der Waals surface area contributed by atoms with Crippen LogP contribution in [0.5, 0.6) is 0 Å². The Morgan fingerprint density at radius 1 is 1.04 bits per heavy atom. The Hall–Kier alpha value is -2.37. The molecule has 0 atom stereocenters. The Morgan fingerprint density at radius 3 is 2.67 bits per heavy atom. The van der Waals surface area contributed by atoms with Gasteiger partial charge in [-0.15, -0.1) is 0 Å². The summed E-state index contributed by atoms with van der Waals surface area (Å²) >= 11 is 0. The van der Waals surface area contributed by atoms with Crippen molar-refractivity contribution in [2.45, 2.75) is 32.1 Å². The average Bonchev–Trinajstić information content (AvgIpc) is 2.90. The van der Waals surface area contributed by atoms with Crippen molar-refractivity contribution in [3.8, 4) is 0 Å². The second-order valence-corrected chi connectivity index (χ2v) is 6.46. The number of pyridine rings is 1. The Labute approximate surface area is 141 Å². The second-order valence-electron chi connectivity index (χ2n) is 6.46. The van der Waals surface area contributed by atoms with E-state index in [0.29, 0.717) is 18.8 Å². The summed E-state index contributed by atoms with van der Waals surface area (Å²) in [6.45, 7) is 2.97. The van der Waals surface area contributed by atoms with Crippen LogP contribution in [0, 0.1) is 0 Å². The van der Waals surface area contributed by atoms with Crippen molar-refractivity contribution in [3.63, 3.8) is 0 Å². The predicted molar refractivity (Wildman–Crippen MR) is 90.1 cm³/mol. The lowest BCUT2D eigenvalue weighted by atomic mass is 10.1. The fourth-order valence-electron chi connectivity index (χ4n) is 3.56. The second kappa shape index (κ2) is 6.63. The van der Waals surface area contributed by atoms with Gasteiger partial charge in [0.05, 0.1) is 0 Å². The first-order valence-corrected chi connectivity index (χ1v) is 8.75. The number of amides is 1. The molecule has 0 unspecified atom stereocenters. The van der Waals surface area contributed by atoms with Crippen molar-refractivity contribution in [1.82, 2.24) is 15.0 Å². The normalized spacial score (nSPS) is 18.2. The largest absolute Gasteiger partial charge is 0.360 e. The Morgan fingerprint density at radius 2 is 1.88 bits per heavy atom. The molecule has 1 saturated heterocycles. The van der Waals surface area contributed by atoms with E-state index < -0.39 is 0 Å². The highest BCUT2D eigenvalue weighted by molar-refractivity contribution is 5.94. The highest BCUT2D eigenvalue weighted by Crippen LogP contribution is 2.25. The maximum atomic E-state index is 12.9.